The van der Waals surface area contributed by atoms with Gasteiger partial charge in [-0.3, -0.25) is 0 Å². The van der Waals surface area contributed by atoms with E-state index in [0.29, 0.717) is 18.0 Å². The van der Waals surface area contributed by atoms with Crippen LogP contribution in [-0.4, -0.2) is 22.4 Å². The molecule has 1 heterocycles. The Labute approximate surface area is 113 Å². The van der Waals surface area contributed by atoms with Crippen LogP contribution in [0, 0.1) is 0 Å². The quantitative estimate of drug-likeness (QED) is 0.865. The van der Waals surface area contributed by atoms with Crippen molar-refractivity contribution in [3.05, 3.63) is 53.7 Å². The van der Waals surface area contributed by atoms with Crippen LogP contribution in [0.15, 0.2) is 42.5 Å². The number of rotatable bonds is 6. The third kappa shape index (κ3) is 4.03. The number of methoxy groups -OCH3 is 1. The molecule has 4 heteroatoms. The first-order valence-electron chi connectivity index (χ1n) is 6.39. The lowest BCUT2D eigenvalue weighted by Gasteiger charge is -2.09. The number of nitrogens with zero attached hydrogens (tertiary/aromatic N) is 2. The van der Waals surface area contributed by atoms with Crippen molar-refractivity contribution in [2.45, 2.75) is 25.4 Å². The average molecular weight is 258 g/mol. The van der Waals surface area contributed by atoms with Gasteiger partial charge in [0.15, 0.2) is 0 Å². The molecule has 0 spiro atoms. The van der Waals surface area contributed by atoms with E-state index in [2.05, 4.69) is 22.3 Å². The molecule has 0 amide bonds. The molecule has 0 bridgehead atoms. The maximum absolute atomic E-state index is 10.0. The molecule has 4 nitrogen and oxygen atoms in total. The van der Waals surface area contributed by atoms with E-state index in [1.165, 1.54) is 5.56 Å². The Bertz CT molecular complexity index is 485. The molecule has 0 aliphatic heterocycles. The fourth-order valence-corrected chi connectivity index (χ4v) is 1.91. The second-order valence-electron chi connectivity index (χ2n) is 4.39. The fourth-order valence-electron chi connectivity index (χ4n) is 1.91. The highest BCUT2D eigenvalue weighted by Gasteiger charge is 2.09. The molecule has 1 aromatic heterocycles. The number of aryl methyl sites for hydroxylation is 1. The minimum atomic E-state index is -0.567. The predicted octanol–water partition coefficient (Wildman–Crippen LogP) is 2.54. The van der Waals surface area contributed by atoms with Crippen molar-refractivity contribution < 1.29 is 9.84 Å². The third-order valence-corrected chi connectivity index (χ3v) is 3.00. The third-order valence-electron chi connectivity index (χ3n) is 3.00. The fraction of sp³-hybridized carbons (Fsp3) is 0.333. The number of hydrogen-bond donors (Lipinski definition) is 1. The van der Waals surface area contributed by atoms with Crippen molar-refractivity contribution in [1.29, 1.82) is 0 Å². The highest BCUT2D eigenvalue weighted by molar-refractivity contribution is 5.15. The summed E-state index contributed by atoms with van der Waals surface area (Å²) in [6, 6.07) is 13.7. The Balaban J connectivity index is 1.82. The molecule has 19 heavy (non-hydrogen) atoms. The van der Waals surface area contributed by atoms with E-state index < -0.39 is 6.10 Å². The topological polar surface area (TPSA) is 55.2 Å². The second kappa shape index (κ2) is 6.85. The van der Waals surface area contributed by atoms with E-state index in [-0.39, 0.29) is 0 Å². The van der Waals surface area contributed by atoms with E-state index in [1.54, 1.807) is 19.2 Å². The summed E-state index contributed by atoms with van der Waals surface area (Å²) in [4.78, 5) is 0. The zero-order valence-electron chi connectivity index (χ0n) is 11.0. The smallest absolute Gasteiger partial charge is 0.233 e. The first kappa shape index (κ1) is 13.5. The summed E-state index contributed by atoms with van der Waals surface area (Å²) in [5.74, 6) is 0.459. The number of ether oxygens (including phenoxy) is 1. The van der Waals surface area contributed by atoms with E-state index in [1.807, 2.05) is 18.2 Å². The molecule has 0 saturated carbocycles. The van der Waals surface area contributed by atoms with Crippen LogP contribution < -0.4 is 4.74 Å². The van der Waals surface area contributed by atoms with Gasteiger partial charge in [0.2, 0.25) is 5.88 Å². The Hall–Kier alpha value is -1.94. The van der Waals surface area contributed by atoms with Gasteiger partial charge >= 0.3 is 0 Å². The van der Waals surface area contributed by atoms with Crippen LogP contribution in [0.2, 0.25) is 0 Å². The normalized spacial score (nSPS) is 12.1. The van der Waals surface area contributed by atoms with Crippen molar-refractivity contribution in [2.24, 2.45) is 0 Å². The highest BCUT2D eigenvalue weighted by atomic mass is 16.5. The minimum Gasteiger partial charge on any atom is -0.480 e. The van der Waals surface area contributed by atoms with Crippen LogP contribution in [0.3, 0.4) is 0 Å². The van der Waals surface area contributed by atoms with E-state index >= 15 is 0 Å². The van der Waals surface area contributed by atoms with Gasteiger partial charge in [-0.1, -0.05) is 30.3 Å². The number of aliphatic hydroxyl groups excluding tert-OH is 1. The van der Waals surface area contributed by atoms with Gasteiger partial charge in [-0.25, -0.2) is 0 Å². The van der Waals surface area contributed by atoms with E-state index in [0.717, 1.165) is 12.8 Å². The lowest BCUT2D eigenvalue weighted by atomic mass is 10.0. The van der Waals surface area contributed by atoms with Crippen molar-refractivity contribution >= 4 is 0 Å². The molecule has 1 unspecified atom stereocenters. The van der Waals surface area contributed by atoms with Crippen LogP contribution in [0.25, 0.3) is 0 Å². The first-order chi connectivity index (χ1) is 9.29. The van der Waals surface area contributed by atoms with Crippen LogP contribution in [0.4, 0.5) is 0 Å². The molecule has 2 rings (SSSR count). The summed E-state index contributed by atoms with van der Waals surface area (Å²) in [7, 11) is 1.54. The van der Waals surface area contributed by atoms with Crippen LogP contribution in [-0.2, 0) is 6.42 Å². The Morgan fingerprint density at radius 1 is 1.11 bits per heavy atom. The number of benzene rings is 1. The molecule has 0 aliphatic carbocycles. The second-order valence-corrected chi connectivity index (χ2v) is 4.39. The molecule has 0 saturated heterocycles. The summed E-state index contributed by atoms with van der Waals surface area (Å²) >= 11 is 0. The molecular weight excluding hydrogens is 240 g/mol. The van der Waals surface area contributed by atoms with Crippen LogP contribution in [0.5, 0.6) is 5.88 Å². The van der Waals surface area contributed by atoms with Crippen LogP contribution >= 0.6 is 0 Å². The van der Waals surface area contributed by atoms with Gasteiger partial charge in [-0.05, 0) is 30.9 Å². The maximum atomic E-state index is 10.0. The van der Waals surface area contributed by atoms with Crippen molar-refractivity contribution in [3.63, 3.8) is 0 Å². The van der Waals surface area contributed by atoms with Gasteiger partial charge in [0.1, 0.15) is 0 Å². The monoisotopic (exact) mass is 258 g/mol. The SMILES string of the molecule is COc1ccc(C(O)CCCc2ccccc2)nn1. The number of aliphatic hydroxyl groups is 1. The number of aromatic nitrogens is 2. The van der Waals surface area contributed by atoms with Gasteiger partial charge in [0.25, 0.3) is 0 Å². The Morgan fingerprint density at radius 3 is 2.53 bits per heavy atom. The van der Waals surface area contributed by atoms with Gasteiger partial charge in [-0.2, -0.15) is 0 Å². The zero-order chi connectivity index (χ0) is 13.5. The maximum Gasteiger partial charge on any atom is 0.233 e. The average Bonchev–Trinajstić information content (AvgIpc) is 2.48. The zero-order valence-corrected chi connectivity index (χ0v) is 11.0. The Morgan fingerprint density at radius 2 is 1.89 bits per heavy atom. The lowest BCUT2D eigenvalue weighted by molar-refractivity contribution is 0.158. The van der Waals surface area contributed by atoms with E-state index in [9.17, 15) is 5.11 Å². The van der Waals surface area contributed by atoms with Crippen LogP contribution in [0.1, 0.15) is 30.2 Å². The molecule has 1 N–H and O–H groups in total. The predicted molar refractivity (Wildman–Crippen MR) is 72.9 cm³/mol. The summed E-state index contributed by atoms with van der Waals surface area (Å²) in [5, 5.41) is 17.8. The van der Waals surface area contributed by atoms with Gasteiger partial charge in [-0.15, -0.1) is 10.2 Å². The summed E-state index contributed by atoms with van der Waals surface area (Å²) < 4.78 is 4.93. The standard InChI is InChI=1S/C15H18N2O2/c1-19-15-11-10-13(16-17-15)14(18)9-5-8-12-6-3-2-4-7-12/h2-4,6-7,10-11,14,18H,5,8-9H2,1H3. The largest absolute Gasteiger partial charge is 0.480 e. The highest BCUT2D eigenvalue weighted by Crippen LogP contribution is 2.18. The number of hydrogen-bond acceptors (Lipinski definition) is 4. The molecule has 0 radical (unpaired) electrons. The lowest BCUT2D eigenvalue weighted by Crippen LogP contribution is -2.03. The van der Waals surface area contributed by atoms with Gasteiger partial charge in [0, 0.05) is 6.07 Å². The van der Waals surface area contributed by atoms with Crippen molar-refractivity contribution in [3.8, 4) is 5.88 Å². The van der Waals surface area contributed by atoms with Gasteiger partial charge in [0.05, 0.1) is 18.9 Å². The van der Waals surface area contributed by atoms with Crippen molar-refractivity contribution in [2.75, 3.05) is 7.11 Å². The first-order valence-corrected chi connectivity index (χ1v) is 6.39. The minimum absolute atomic E-state index is 0.459. The molecule has 2 aromatic rings. The molecule has 100 valence electrons. The Kier molecular flexibility index (Phi) is 4.86. The molecule has 0 aliphatic rings. The summed E-state index contributed by atoms with van der Waals surface area (Å²) in [6.07, 6.45) is 1.98. The van der Waals surface area contributed by atoms with E-state index in [4.69, 9.17) is 4.74 Å². The summed E-state index contributed by atoms with van der Waals surface area (Å²) in [5.41, 5.74) is 1.88. The molecular formula is C15H18N2O2. The molecule has 0 fully saturated rings. The summed E-state index contributed by atoms with van der Waals surface area (Å²) in [6.45, 7) is 0. The molecule has 1 atom stereocenters. The molecule has 1 aromatic carbocycles. The van der Waals surface area contributed by atoms with Crippen molar-refractivity contribution in [1.82, 2.24) is 10.2 Å². The van der Waals surface area contributed by atoms with Gasteiger partial charge < -0.3 is 9.84 Å².